The fourth-order valence-electron chi connectivity index (χ4n) is 1.79. The van der Waals surface area contributed by atoms with Crippen molar-refractivity contribution in [2.24, 2.45) is 0 Å². The first-order valence-electron chi connectivity index (χ1n) is 5.21. The van der Waals surface area contributed by atoms with Gasteiger partial charge in [-0.25, -0.2) is 0 Å². The van der Waals surface area contributed by atoms with Crippen molar-refractivity contribution >= 4 is 0 Å². The number of rotatable bonds is 5. The third-order valence-electron chi connectivity index (χ3n) is 2.83. The molecule has 84 valence electrons. The van der Waals surface area contributed by atoms with Crippen LogP contribution in [-0.2, 0) is 16.0 Å². The van der Waals surface area contributed by atoms with Crippen LogP contribution in [0.15, 0.2) is 22.8 Å². The first-order chi connectivity index (χ1) is 7.35. The Labute approximate surface area is 89.6 Å². The number of hydrogen-bond donors (Lipinski definition) is 1. The molecule has 0 spiro atoms. The average molecular weight is 211 g/mol. The van der Waals surface area contributed by atoms with Crippen molar-refractivity contribution in [3.05, 3.63) is 24.2 Å². The maximum absolute atomic E-state index is 5.50. The molecule has 0 aliphatic carbocycles. The maximum atomic E-state index is 5.50. The largest absolute Gasteiger partial charge is 0.468 e. The lowest BCUT2D eigenvalue weighted by Gasteiger charge is -2.25. The molecule has 1 unspecified atom stereocenters. The molecule has 1 aromatic heterocycles. The summed E-state index contributed by atoms with van der Waals surface area (Å²) in [4.78, 5) is 0. The van der Waals surface area contributed by atoms with E-state index in [4.69, 9.17) is 13.9 Å². The topological polar surface area (TPSA) is 43.6 Å². The van der Waals surface area contributed by atoms with E-state index in [1.165, 1.54) is 0 Å². The van der Waals surface area contributed by atoms with Gasteiger partial charge in [0.15, 0.2) is 0 Å². The molecule has 1 aliphatic heterocycles. The molecule has 2 rings (SSSR count). The molecule has 1 aromatic rings. The van der Waals surface area contributed by atoms with Crippen molar-refractivity contribution < 1.29 is 13.9 Å². The molecule has 1 N–H and O–H groups in total. The minimum absolute atomic E-state index is 0.146. The molecule has 0 bridgehead atoms. The zero-order valence-corrected chi connectivity index (χ0v) is 8.99. The molecule has 15 heavy (non-hydrogen) atoms. The zero-order valence-electron chi connectivity index (χ0n) is 8.99. The highest BCUT2D eigenvalue weighted by Crippen LogP contribution is 2.21. The van der Waals surface area contributed by atoms with Crippen molar-refractivity contribution in [1.29, 1.82) is 0 Å². The summed E-state index contributed by atoms with van der Waals surface area (Å²) in [6, 6.07) is 3.85. The molecular formula is C11H17NO3. The third kappa shape index (κ3) is 2.59. The van der Waals surface area contributed by atoms with Crippen LogP contribution in [0.5, 0.6) is 0 Å². The quantitative estimate of drug-likeness (QED) is 0.794. The Morgan fingerprint density at radius 3 is 3.13 bits per heavy atom. The van der Waals surface area contributed by atoms with Gasteiger partial charge in [-0.05, 0) is 12.1 Å². The number of nitrogens with one attached hydrogen (secondary N) is 1. The smallest absolute Gasteiger partial charge is 0.117 e. The van der Waals surface area contributed by atoms with E-state index >= 15 is 0 Å². The summed E-state index contributed by atoms with van der Waals surface area (Å²) in [7, 11) is 1.74. The Morgan fingerprint density at radius 2 is 2.53 bits per heavy atom. The van der Waals surface area contributed by atoms with Gasteiger partial charge in [0.2, 0.25) is 0 Å². The predicted molar refractivity (Wildman–Crippen MR) is 55.6 cm³/mol. The normalized spacial score (nSPS) is 25.9. The Morgan fingerprint density at radius 1 is 1.60 bits per heavy atom. The Hall–Kier alpha value is -0.840. The van der Waals surface area contributed by atoms with E-state index in [2.05, 4.69) is 5.32 Å². The van der Waals surface area contributed by atoms with Gasteiger partial charge in [-0.1, -0.05) is 0 Å². The van der Waals surface area contributed by atoms with Crippen molar-refractivity contribution in [3.63, 3.8) is 0 Å². The van der Waals surface area contributed by atoms with Crippen molar-refractivity contribution in [2.75, 3.05) is 26.9 Å². The van der Waals surface area contributed by atoms with Crippen LogP contribution in [0.4, 0.5) is 0 Å². The Balaban J connectivity index is 1.77. The lowest BCUT2D eigenvalue weighted by atomic mass is 10.0. The van der Waals surface area contributed by atoms with Crippen LogP contribution in [0.2, 0.25) is 0 Å². The number of methoxy groups -OCH3 is 1. The molecule has 0 radical (unpaired) electrons. The van der Waals surface area contributed by atoms with Gasteiger partial charge in [-0.2, -0.15) is 0 Å². The van der Waals surface area contributed by atoms with E-state index in [1.54, 1.807) is 13.4 Å². The summed E-state index contributed by atoms with van der Waals surface area (Å²) < 4.78 is 16.1. The van der Waals surface area contributed by atoms with Crippen molar-refractivity contribution in [1.82, 2.24) is 5.32 Å². The van der Waals surface area contributed by atoms with Crippen LogP contribution in [0.1, 0.15) is 12.2 Å². The molecule has 1 fully saturated rings. The summed E-state index contributed by atoms with van der Waals surface area (Å²) in [5, 5.41) is 3.32. The van der Waals surface area contributed by atoms with Gasteiger partial charge >= 0.3 is 0 Å². The lowest BCUT2D eigenvalue weighted by molar-refractivity contribution is -0.0161. The second-order valence-corrected chi connectivity index (χ2v) is 3.87. The van der Waals surface area contributed by atoms with Crippen LogP contribution in [0.25, 0.3) is 0 Å². The van der Waals surface area contributed by atoms with Gasteiger partial charge in [0.05, 0.1) is 19.4 Å². The second-order valence-electron chi connectivity index (χ2n) is 3.87. The van der Waals surface area contributed by atoms with E-state index in [0.29, 0.717) is 6.61 Å². The molecule has 1 aliphatic rings. The monoisotopic (exact) mass is 211 g/mol. The summed E-state index contributed by atoms with van der Waals surface area (Å²) in [5.74, 6) is 0.945. The highest BCUT2D eigenvalue weighted by molar-refractivity contribution is 4.98. The highest BCUT2D eigenvalue weighted by atomic mass is 16.5. The van der Waals surface area contributed by atoms with E-state index in [1.807, 2.05) is 12.1 Å². The number of furan rings is 1. The molecule has 1 saturated heterocycles. The summed E-state index contributed by atoms with van der Waals surface area (Å²) in [5.41, 5.74) is -0.146. The molecular weight excluding hydrogens is 194 g/mol. The van der Waals surface area contributed by atoms with E-state index in [-0.39, 0.29) is 5.60 Å². The minimum Gasteiger partial charge on any atom is -0.468 e. The van der Waals surface area contributed by atoms with Crippen molar-refractivity contribution in [3.8, 4) is 0 Å². The Kier molecular flexibility index (Phi) is 3.41. The fourth-order valence-corrected chi connectivity index (χ4v) is 1.79. The van der Waals surface area contributed by atoms with E-state index in [0.717, 1.165) is 31.9 Å². The number of ether oxygens (including phenoxy) is 2. The molecule has 0 saturated carbocycles. The zero-order chi connectivity index (χ0) is 10.6. The summed E-state index contributed by atoms with van der Waals surface area (Å²) in [6.45, 7) is 2.99. The maximum Gasteiger partial charge on any atom is 0.117 e. The van der Waals surface area contributed by atoms with Crippen LogP contribution >= 0.6 is 0 Å². The van der Waals surface area contributed by atoms with Crippen LogP contribution < -0.4 is 5.32 Å². The lowest BCUT2D eigenvalue weighted by Crippen LogP contribution is -2.42. The van der Waals surface area contributed by atoms with E-state index < -0.39 is 0 Å². The predicted octanol–water partition coefficient (Wildman–Crippen LogP) is 1.17. The Bertz CT molecular complexity index is 278. The van der Waals surface area contributed by atoms with Gasteiger partial charge in [0, 0.05) is 26.7 Å². The number of hydrogen-bond acceptors (Lipinski definition) is 4. The standard InChI is InChI=1S/C11H17NO3/c1-13-11(4-6-14-9-11)8-12-7-10-3-2-5-15-10/h2-3,5,12H,4,6-9H2,1H3. The third-order valence-corrected chi connectivity index (χ3v) is 2.83. The van der Waals surface area contributed by atoms with Gasteiger partial charge in [-0.15, -0.1) is 0 Å². The highest BCUT2D eigenvalue weighted by Gasteiger charge is 2.34. The average Bonchev–Trinajstić information content (AvgIpc) is 2.89. The van der Waals surface area contributed by atoms with E-state index in [9.17, 15) is 0 Å². The fraction of sp³-hybridized carbons (Fsp3) is 0.636. The van der Waals surface area contributed by atoms with Crippen LogP contribution in [0.3, 0.4) is 0 Å². The first kappa shape index (κ1) is 10.7. The second kappa shape index (κ2) is 4.79. The molecule has 2 heterocycles. The van der Waals surface area contributed by atoms with Gasteiger partial charge in [0.1, 0.15) is 11.4 Å². The molecule has 4 heteroatoms. The molecule has 4 nitrogen and oxygen atoms in total. The SMILES string of the molecule is COC1(CNCc2ccco2)CCOC1. The van der Waals surface area contributed by atoms with Crippen molar-refractivity contribution in [2.45, 2.75) is 18.6 Å². The summed E-state index contributed by atoms with van der Waals surface area (Å²) in [6.07, 6.45) is 2.64. The van der Waals surface area contributed by atoms with Gasteiger partial charge in [0.25, 0.3) is 0 Å². The van der Waals surface area contributed by atoms with Gasteiger partial charge in [-0.3, -0.25) is 0 Å². The first-order valence-corrected chi connectivity index (χ1v) is 5.21. The van der Waals surface area contributed by atoms with Crippen LogP contribution in [-0.4, -0.2) is 32.5 Å². The molecule has 0 amide bonds. The minimum atomic E-state index is -0.146. The van der Waals surface area contributed by atoms with Crippen LogP contribution in [0, 0.1) is 0 Å². The van der Waals surface area contributed by atoms with Gasteiger partial charge < -0.3 is 19.2 Å². The molecule has 0 aromatic carbocycles. The molecule has 1 atom stereocenters. The summed E-state index contributed by atoms with van der Waals surface area (Å²) >= 11 is 0.